The van der Waals surface area contributed by atoms with Crippen LogP contribution in [-0.2, 0) is 6.18 Å². The predicted octanol–water partition coefficient (Wildman–Crippen LogP) is 6.77. The molecule has 0 aliphatic rings. The lowest BCUT2D eigenvalue weighted by Gasteiger charge is -2.11. The fourth-order valence-electron chi connectivity index (χ4n) is 2.67. The van der Waals surface area contributed by atoms with E-state index >= 15 is 0 Å². The fourth-order valence-corrected chi connectivity index (χ4v) is 2.67. The highest BCUT2D eigenvalue weighted by molar-refractivity contribution is 5.85. The molecule has 0 saturated carbocycles. The Morgan fingerprint density at radius 1 is 0.967 bits per heavy atom. The van der Waals surface area contributed by atoms with Gasteiger partial charge < -0.3 is 4.74 Å². The standard InChI is InChI=1S/C22H17F3N2O3/c1-14-7-9-18(11-15(14)2)26-13-16-5-3-4-6-20(16)30-21-10-8-17(22(23,24)25)12-19(21)27(28)29/h3-13H,1-2H3. The molecule has 0 N–H and O–H groups in total. The molecule has 0 unspecified atom stereocenters. The van der Waals surface area contributed by atoms with Crippen LogP contribution in [0.2, 0.25) is 0 Å². The second-order valence-corrected chi connectivity index (χ2v) is 6.60. The maximum Gasteiger partial charge on any atom is 0.416 e. The van der Waals surface area contributed by atoms with Gasteiger partial charge >= 0.3 is 11.9 Å². The molecule has 0 fully saturated rings. The molecule has 0 saturated heterocycles. The van der Waals surface area contributed by atoms with E-state index < -0.39 is 22.4 Å². The first-order valence-electron chi connectivity index (χ1n) is 8.89. The van der Waals surface area contributed by atoms with E-state index in [0.717, 1.165) is 23.3 Å². The number of benzene rings is 3. The number of halogens is 3. The fraction of sp³-hybridized carbons (Fsp3) is 0.136. The van der Waals surface area contributed by atoms with Crippen LogP contribution in [0.25, 0.3) is 0 Å². The average Bonchev–Trinajstić information content (AvgIpc) is 2.69. The third-order valence-electron chi connectivity index (χ3n) is 4.47. The van der Waals surface area contributed by atoms with E-state index in [9.17, 15) is 23.3 Å². The van der Waals surface area contributed by atoms with Gasteiger partial charge in [-0.2, -0.15) is 13.2 Å². The van der Waals surface area contributed by atoms with Crippen molar-refractivity contribution in [2.45, 2.75) is 20.0 Å². The van der Waals surface area contributed by atoms with E-state index in [1.165, 1.54) is 6.21 Å². The molecule has 0 aromatic heterocycles. The van der Waals surface area contributed by atoms with Gasteiger partial charge in [0.2, 0.25) is 5.75 Å². The van der Waals surface area contributed by atoms with Gasteiger partial charge in [-0.05, 0) is 61.4 Å². The van der Waals surface area contributed by atoms with E-state index in [1.54, 1.807) is 24.3 Å². The van der Waals surface area contributed by atoms with Crippen LogP contribution < -0.4 is 4.74 Å². The summed E-state index contributed by atoms with van der Waals surface area (Å²) in [5.74, 6) is -0.0621. The number of para-hydroxylation sites is 1. The van der Waals surface area contributed by atoms with E-state index in [1.807, 2.05) is 32.0 Å². The molecule has 154 valence electrons. The summed E-state index contributed by atoms with van der Waals surface area (Å²) in [5, 5.41) is 11.3. The predicted molar refractivity (Wildman–Crippen MR) is 108 cm³/mol. The van der Waals surface area contributed by atoms with Crippen molar-refractivity contribution in [3.05, 3.63) is 93.0 Å². The molecule has 30 heavy (non-hydrogen) atoms. The van der Waals surface area contributed by atoms with Gasteiger partial charge in [-0.25, -0.2) is 0 Å². The molecule has 8 heteroatoms. The lowest BCUT2D eigenvalue weighted by molar-refractivity contribution is -0.385. The van der Waals surface area contributed by atoms with Crippen LogP contribution >= 0.6 is 0 Å². The SMILES string of the molecule is Cc1ccc(N=Cc2ccccc2Oc2ccc(C(F)(F)F)cc2[N+](=O)[O-])cc1C. The maximum atomic E-state index is 12.9. The number of nitro groups is 1. The van der Waals surface area contributed by atoms with Gasteiger partial charge in [0, 0.05) is 17.8 Å². The van der Waals surface area contributed by atoms with Gasteiger partial charge in [0.25, 0.3) is 0 Å². The summed E-state index contributed by atoms with van der Waals surface area (Å²) in [6, 6.07) is 14.5. The number of aryl methyl sites for hydroxylation is 2. The number of nitro benzene ring substituents is 1. The first kappa shape index (κ1) is 21.0. The second-order valence-electron chi connectivity index (χ2n) is 6.60. The van der Waals surface area contributed by atoms with Crippen LogP contribution in [0.4, 0.5) is 24.5 Å². The van der Waals surface area contributed by atoms with Gasteiger partial charge in [-0.15, -0.1) is 0 Å². The summed E-state index contributed by atoms with van der Waals surface area (Å²) in [6.07, 6.45) is -3.16. The number of hydrogen-bond acceptors (Lipinski definition) is 4. The lowest BCUT2D eigenvalue weighted by atomic mass is 10.1. The van der Waals surface area contributed by atoms with Crippen LogP contribution in [0.1, 0.15) is 22.3 Å². The zero-order valence-corrected chi connectivity index (χ0v) is 16.1. The topological polar surface area (TPSA) is 64.7 Å². The lowest BCUT2D eigenvalue weighted by Crippen LogP contribution is -2.06. The zero-order valence-electron chi connectivity index (χ0n) is 16.1. The molecule has 0 bridgehead atoms. The van der Waals surface area contributed by atoms with Gasteiger partial charge in [0.05, 0.1) is 16.2 Å². The quantitative estimate of drug-likeness (QED) is 0.263. The van der Waals surface area contributed by atoms with Crippen LogP contribution in [0.15, 0.2) is 65.7 Å². The van der Waals surface area contributed by atoms with E-state index in [4.69, 9.17) is 4.74 Å². The molecule has 0 radical (unpaired) electrons. The number of ether oxygens (including phenoxy) is 1. The second kappa shape index (κ2) is 8.36. The van der Waals surface area contributed by atoms with Crippen molar-refractivity contribution in [1.82, 2.24) is 0 Å². The van der Waals surface area contributed by atoms with Crippen molar-refractivity contribution >= 4 is 17.6 Å². The molecule has 3 aromatic rings. The Morgan fingerprint density at radius 2 is 1.70 bits per heavy atom. The van der Waals surface area contributed by atoms with Crippen molar-refractivity contribution in [2.24, 2.45) is 4.99 Å². The van der Waals surface area contributed by atoms with E-state index in [-0.39, 0.29) is 11.5 Å². The maximum absolute atomic E-state index is 12.9. The van der Waals surface area contributed by atoms with Crippen molar-refractivity contribution in [2.75, 3.05) is 0 Å². The number of hydrogen-bond donors (Lipinski definition) is 0. The molecule has 3 rings (SSSR count). The van der Waals surface area contributed by atoms with Gasteiger partial charge in [0.15, 0.2) is 0 Å². The third-order valence-corrected chi connectivity index (χ3v) is 4.47. The molecule has 5 nitrogen and oxygen atoms in total. The van der Waals surface area contributed by atoms with Gasteiger partial charge in [-0.3, -0.25) is 15.1 Å². The number of rotatable bonds is 5. The van der Waals surface area contributed by atoms with Crippen LogP contribution in [0.3, 0.4) is 0 Å². The smallest absolute Gasteiger partial charge is 0.416 e. The molecule has 0 amide bonds. The zero-order chi connectivity index (χ0) is 21.9. The third kappa shape index (κ3) is 4.83. The van der Waals surface area contributed by atoms with Crippen molar-refractivity contribution in [3.8, 4) is 11.5 Å². The minimum atomic E-state index is -4.69. The highest BCUT2D eigenvalue weighted by Gasteiger charge is 2.33. The largest absolute Gasteiger partial charge is 0.449 e. The van der Waals surface area contributed by atoms with E-state index in [0.29, 0.717) is 17.3 Å². The summed E-state index contributed by atoms with van der Waals surface area (Å²) in [6.45, 7) is 3.96. The van der Waals surface area contributed by atoms with Crippen LogP contribution in [0, 0.1) is 24.0 Å². The van der Waals surface area contributed by atoms with Crippen molar-refractivity contribution in [1.29, 1.82) is 0 Å². The summed E-state index contributed by atoms with van der Waals surface area (Å²) in [5.41, 5.74) is 1.55. The van der Waals surface area contributed by atoms with Crippen LogP contribution in [-0.4, -0.2) is 11.1 Å². The minimum Gasteiger partial charge on any atom is -0.449 e. The Hall–Kier alpha value is -3.68. The Morgan fingerprint density at radius 3 is 2.37 bits per heavy atom. The van der Waals surface area contributed by atoms with Gasteiger partial charge in [-0.1, -0.05) is 18.2 Å². The highest BCUT2D eigenvalue weighted by atomic mass is 19.4. The van der Waals surface area contributed by atoms with Gasteiger partial charge in [0.1, 0.15) is 5.75 Å². The highest BCUT2D eigenvalue weighted by Crippen LogP contribution is 2.38. The number of aliphatic imine (C=N–C) groups is 1. The Balaban J connectivity index is 1.94. The Bertz CT molecular complexity index is 1120. The average molecular weight is 414 g/mol. The normalized spacial score (nSPS) is 11.6. The molecule has 0 atom stereocenters. The minimum absolute atomic E-state index is 0.230. The molecule has 0 heterocycles. The molecule has 0 aliphatic heterocycles. The van der Waals surface area contributed by atoms with Crippen LogP contribution in [0.5, 0.6) is 11.5 Å². The summed E-state index contributed by atoms with van der Waals surface area (Å²) in [4.78, 5) is 14.8. The summed E-state index contributed by atoms with van der Waals surface area (Å²) in [7, 11) is 0. The number of nitrogens with zero attached hydrogens (tertiary/aromatic N) is 2. The first-order chi connectivity index (χ1) is 14.1. The molecule has 3 aromatic carbocycles. The molecular weight excluding hydrogens is 397 g/mol. The Kier molecular flexibility index (Phi) is 5.86. The van der Waals surface area contributed by atoms with Crippen molar-refractivity contribution in [3.63, 3.8) is 0 Å². The van der Waals surface area contributed by atoms with Crippen molar-refractivity contribution < 1.29 is 22.8 Å². The Labute approximate surface area is 170 Å². The molecule has 0 spiro atoms. The van der Waals surface area contributed by atoms with E-state index in [2.05, 4.69) is 4.99 Å². The summed E-state index contributed by atoms with van der Waals surface area (Å²) < 4.78 is 44.3. The first-order valence-corrected chi connectivity index (χ1v) is 8.89. The number of alkyl halides is 3. The summed E-state index contributed by atoms with van der Waals surface area (Å²) >= 11 is 0. The molecule has 0 aliphatic carbocycles. The monoisotopic (exact) mass is 414 g/mol. The molecular formula is C22H17F3N2O3.